The number of hydrogen-bond acceptors (Lipinski definition) is 3. The summed E-state index contributed by atoms with van der Waals surface area (Å²) in [4.78, 5) is 0. The van der Waals surface area contributed by atoms with Crippen LogP contribution in [-0.4, -0.2) is 30.6 Å². The van der Waals surface area contributed by atoms with E-state index in [1.165, 1.54) is 0 Å². The monoisotopic (exact) mass is 382 g/mol. The van der Waals surface area contributed by atoms with Crippen LogP contribution in [-0.2, 0) is 10.1 Å². The molecular formula is C11H17F6KO3S. The largest absolute Gasteiger partial charge is 1.00 e. The number of alkyl halides is 6. The zero-order chi connectivity index (χ0) is 16.7. The minimum atomic E-state index is -6.04. The fourth-order valence-corrected chi connectivity index (χ4v) is 2.11. The SMILES string of the molecule is O=S(=O)([O-])C(F)(F)C(F)CCCCCCCCC(F)(F)F.[K+]. The zero-order valence-corrected chi connectivity index (χ0v) is 16.1. The predicted molar refractivity (Wildman–Crippen MR) is 62.5 cm³/mol. The van der Waals surface area contributed by atoms with Gasteiger partial charge in [-0.2, -0.15) is 22.0 Å². The van der Waals surface area contributed by atoms with E-state index in [1.54, 1.807) is 0 Å². The Hall–Kier alpha value is 1.13. The van der Waals surface area contributed by atoms with Gasteiger partial charge in [-0.3, -0.25) is 0 Å². The second kappa shape index (κ2) is 10.9. The van der Waals surface area contributed by atoms with Crippen LogP contribution in [0.4, 0.5) is 26.3 Å². The van der Waals surface area contributed by atoms with E-state index >= 15 is 0 Å². The van der Waals surface area contributed by atoms with Crippen molar-refractivity contribution in [3.63, 3.8) is 0 Å². The predicted octanol–water partition coefficient (Wildman–Crippen LogP) is 1.15. The van der Waals surface area contributed by atoms with Crippen LogP contribution in [0, 0.1) is 0 Å². The summed E-state index contributed by atoms with van der Waals surface area (Å²) in [5, 5.41) is -4.94. The van der Waals surface area contributed by atoms with E-state index in [4.69, 9.17) is 0 Å². The van der Waals surface area contributed by atoms with Gasteiger partial charge in [0.05, 0.1) is 0 Å². The van der Waals surface area contributed by atoms with Crippen molar-refractivity contribution in [1.82, 2.24) is 0 Å². The first kappa shape index (κ1) is 25.4. The molecule has 0 aliphatic carbocycles. The third kappa shape index (κ3) is 10.8. The maximum absolute atomic E-state index is 13.0. The fourth-order valence-electron chi connectivity index (χ4n) is 1.68. The molecule has 0 spiro atoms. The van der Waals surface area contributed by atoms with Gasteiger partial charge in [-0.05, 0) is 12.8 Å². The van der Waals surface area contributed by atoms with Crippen LogP contribution >= 0.6 is 0 Å². The van der Waals surface area contributed by atoms with Crippen molar-refractivity contribution >= 4 is 10.1 Å². The summed E-state index contributed by atoms with van der Waals surface area (Å²) in [6.45, 7) is 0. The molecule has 0 rings (SSSR count). The Labute approximate surface area is 168 Å². The molecular weight excluding hydrogens is 365 g/mol. The van der Waals surface area contributed by atoms with Crippen LogP contribution in [0.5, 0.6) is 0 Å². The summed E-state index contributed by atoms with van der Waals surface area (Å²) in [5.41, 5.74) is 0. The molecule has 1 unspecified atom stereocenters. The van der Waals surface area contributed by atoms with Gasteiger partial charge in [0.15, 0.2) is 16.3 Å². The molecule has 0 heterocycles. The molecule has 0 bridgehead atoms. The second-order valence-corrected chi connectivity index (χ2v) is 6.21. The van der Waals surface area contributed by atoms with Crippen molar-refractivity contribution in [3.05, 3.63) is 0 Å². The first-order valence-corrected chi connectivity index (χ1v) is 7.83. The van der Waals surface area contributed by atoms with Gasteiger partial charge in [0.25, 0.3) is 0 Å². The van der Waals surface area contributed by atoms with E-state index in [1.807, 2.05) is 0 Å². The van der Waals surface area contributed by atoms with Crippen LogP contribution in [0.2, 0.25) is 0 Å². The number of rotatable bonds is 10. The molecule has 11 heteroatoms. The first-order chi connectivity index (χ1) is 9.38. The molecule has 3 nitrogen and oxygen atoms in total. The molecule has 0 saturated carbocycles. The fraction of sp³-hybridized carbons (Fsp3) is 1.00. The summed E-state index contributed by atoms with van der Waals surface area (Å²) in [5.74, 6) is 0. The molecule has 0 N–H and O–H groups in total. The molecule has 0 aromatic heterocycles. The van der Waals surface area contributed by atoms with Crippen molar-refractivity contribution < 1.29 is 90.7 Å². The Bertz CT molecular complexity index is 399. The van der Waals surface area contributed by atoms with Crippen molar-refractivity contribution in [2.75, 3.05) is 0 Å². The van der Waals surface area contributed by atoms with Gasteiger partial charge >= 0.3 is 62.8 Å². The maximum atomic E-state index is 13.0. The van der Waals surface area contributed by atoms with Gasteiger partial charge < -0.3 is 4.55 Å². The normalized spacial score (nSPS) is 14.5. The average molecular weight is 382 g/mol. The van der Waals surface area contributed by atoms with E-state index in [0.717, 1.165) is 0 Å². The maximum Gasteiger partial charge on any atom is 1.00 e. The van der Waals surface area contributed by atoms with Gasteiger partial charge in [-0.15, -0.1) is 0 Å². The molecule has 0 radical (unpaired) electrons. The summed E-state index contributed by atoms with van der Waals surface area (Å²) >= 11 is 0. The van der Waals surface area contributed by atoms with Crippen molar-refractivity contribution in [2.45, 2.75) is 69.0 Å². The van der Waals surface area contributed by atoms with Crippen molar-refractivity contribution in [3.8, 4) is 0 Å². The topological polar surface area (TPSA) is 57.2 Å². The minimum absolute atomic E-state index is 0. The smallest absolute Gasteiger partial charge is 0.743 e. The molecule has 22 heavy (non-hydrogen) atoms. The summed E-state index contributed by atoms with van der Waals surface area (Å²) < 4.78 is 104. The van der Waals surface area contributed by atoms with Crippen LogP contribution in [0.25, 0.3) is 0 Å². The molecule has 0 aromatic rings. The van der Waals surface area contributed by atoms with Gasteiger partial charge in [0, 0.05) is 6.42 Å². The molecule has 0 amide bonds. The summed E-state index contributed by atoms with van der Waals surface area (Å²) in [6, 6.07) is 0. The van der Waals surface area contributed by atoms with Gasteiger partial charge in [0.2, 0.25) is 0 Å². The molecule has 0 saturated heterocycles. The number of unbranched alkanes of at least 4 members (excludes halogenated alkanes) is 5. The first-order valence-electron chi connectivity index (χ1n) is 6.42. The van der Waals surface area contributed by atoms with Crippen LogP contribution in [0.3, 0.4) is 0 Å². The molecule has 128 valence electrons. The quantitative estimate of drug-likeness (QED) is 0.247. The average Bonchev–Trinajstić information content (AvgIpc) is 2.29. The van der Waals surface area contributed by atoms with E-state index in [-0.39, 0.29) is 70.6 Å². The Morgan fingerprint density at radius 1 is 0.864 bits per heavy atom. The van der Waals surface area contributed by atoms with Gasteiger partial charge in [-0.1, -0.05) is 32.1 Å². The van der Waals surface area contributed by atoms with Gasteiger partial charge in [0.1, 0.15) is 0 Å². The van der Waals surface area contributed by atoms with Gasteiger partial charge in [-0.25, -0.2) is 12.8 Å². The van der Waals surface area contributed by atoms with E-state index < -0.39 is 40.6 Å². The molecule has 0 fully saturated rings. The van der Waals surface area contributed by atoms with E-state index in [2.05, 4.69) is 0 Å². The van der Waals surface area contributed by atoms with Crippen molar-refractivity contribution in [1.29, 1.82) is 0 Å². The third-order valence-corrected chi connectivity index (χ3v) is 3.79. The summed E-state index contributed by atoms with van der Waals surface area (Å²) in [7, 11) is -6.04. The standard InChI is InChI=1S/C11H18F6O3S.K/c12-9(11(16,17)21(18,19)20)7-5-3-1-2-4-6-8-10(13,14)15;/h9H,1-8H2,(H,18,19,20);/q;+1/p-1. The van der Waals surface area contributed by atoms with Crippen molar-refractivity contribution in [2.24, 2.45) is 0 Å². The molecule has 1 atom stereocenters. The van der Waals surface area contributed by atoms with Crippen LogP contribution in [0.1, 0.15) is 51.4 Å². The Morgan fingerprint density at radius 3 is 1.68 bits per heavy atom. The van der Waals surface area contributed by atoms with E-state index in [0.29, 0.717) is 19.3 Å². The zero-order valence-electron chi connectivity index (χ0n) is 12.1. The Balaban J connectivity index is 0. The second-order valence-electron chi connectivity index (χ2n) is 4.76. The van der Waals surface area contributed by atoms with Crippen LogP contribution in [0.15, 0.2) is 0 Å². The number of halogens is 6. The summed E-state index contributed by atoms with van der Waals surface area (Å²) in [6.07, 6.45) is -7.53. The minimum Gasteiger partial charge on any atom is -0.743 e. The Morgan fingerprint density at radius 2 is 1.27 bits per heavy atom. The molecule has 0 aliphatic heterocycles. The third-order valence-electron chi connectivity index (χ3n) is 2.87. The number of hydrogen-bond donors (Lipinski definition) is 0. The Kier molecular flexibility index (Phi) is 12.5. The van der Waals surface area contributed by atoms with E-state index in [9.17, 15) is 39.3 Å². The molecule has 0 aliphatic rings. The van der Waals surface area contributed by atoms with Crippen LogP contribution < -0.4 is 51.4 Å². The molecule has 0 aromatic carbocycles.